The Balaban J connectivity index is 1.76. The van der Waals surface area contributed by atoms with Crippen LogP contribution in [0.2, 0.25) is 0 Å². The topological polar surface area (TPSA) is 33.7 Å². The summed E-state index contributed by atoms with van der Waals surface area (Å²) in [5, 5.41) is 3.54. The third-order valence-corrected chi connectivity index (χ3v) is 4.03. The van der Waals surface area contributed by atoms with Crippen LogP contribution >= 0.6 is 0 Å². The fraction of sp³-hybridized carbons (Fsp3) is 0.625. The van der Waals surface area contributed by atoms with Gasteiger partial charge in [-0.25, -0.2) is 0 Å². The maximum atomic E-state index is 5.79. The Bertz CT molecular complexity index is 450. The summed E-state index contributed by atoms with van der Waals surface area (Å²) in [7, 11) is 0. The lowest BCUT2D eigenvalue weighted by atomic mass is 10.1. The molecule has 1 unspecified atom stereocenters. The summed E-state index contributed by atoms with van der Waals surface area (Å²) in [6, 6.07) is 6.95. The lowest BCUT2D eigenvalue weighted by Gasteiger charge is -2.30. The van der Waals surface area contributed by atoms with Gasteiger partial charge in [-0.1, -0.05) is 0 Å². The van der Waals surface area contributed by atoms with Gasteiger partial charge in [0.25, 0.3) is 0 Å². The quantitative estimate of drug-likeness (QED) is 0.854. The molecule has 0 aliphatic carbocycles. The Morgan fingerprint density at radius 3 is 2.85 bits per heavy atom. The van der Waals surface area contributed by atoms with E-state index in [4.69, 9.17) is 9.47 Å². The molecule has 0 radical (unpaired) electrons. The molecule has 2 aliphatic heterocycles. The predicted octanol–water partition coefficient (Wildman–Crippen LogP) is 2.43. The van der Waals surface area contributed by atoms with E-state index in [0.717, 1.165) is 50.8 Å². The average molecular weight is 276 g/mol. The lowest BCUT2D eigenvalue weighted by Crippen LogP contribution is -2.38. The van der Waals surface area contributed by atoms with E-state index in [1.54, 1.807) is 0 Å². The van der Waals surface area contributed by atoms with E-state index >= 15 is 0 Å². The van der Waals surface area contributed by atoms with Crippen molar-refractivity contribution in [2.24, 2.45) is 0 Å². The van der Waals surface area contributed by atoms with Crippen LogP contribution in [0.25, 0.3) is 0 Å². The van der Waals surface area contributed by atoms with Crippen molar-refractivity contribution in [3.8, 4) is 11.5 Å². The highest BCUT2D eigenvalue weighted by molar-refractivity contribution is 5.56. The number of hydrogen-bond acceptors (Lipinski definition) is 4. The highest BCUT2D eigenvalue weighted by atomic mass is 16.5. The second-order valence-electron chi connectivity index (χ2n) is 5.67. The average Bonchev–Trinajstić information content (AvgIpc) is 2.68. The molecule has 1 aromatic carbocycles. The first-order valence-corrected chi connectivity index (χ1v) is 7.71. The molecule has 0 aromatic heterocycles. The van der Waals surface area contributed by atoms with Crippen molar-refractivity contribution in [2.45, 2.75) is 32.2 Å². The minimum atomic E-state index is 0.596. The SMILES string of the molecule is CC1CCN(c2ccc3c(c2)OCCCO3)CCCN1. The maximum Gasteiger partial charge on any atom is 0.163 e. The Morgan fingerprint density at radius 2 is 1.95 bits per heavy atom. The van der Waals surface area contributed by atoms with Gasteiger partial charge in [0.05, 0.1) is 13.2 Å². The van der Waals surface area contributed by atoms with Crippen LogP contribution in [0.5, 0.6) is 11.5 Å². The molecule has 1 atom stereocenters. The number of nitrogens with one attached hydrogen (secondary N) is 1. The van der Waals surface area contributed by atoms with Gasteiger partial charge in [-0.15, -0.1) is 0 Å². The zero-order valence-electron chi connectivity index (χ0n) is 12.2. The predicted molar refractivity (Wildman–Crippen MR) is 81.0 cm³/mol. The number of rotatable bonds is 1. The van der Waals surface area contributed by atoms with Gasteiger partial charge in [0.15, 0.2) is 11.5 Å². The number of benzene rings is 1. The van der Waals surface area contributed by atoms with Crippen molar-refractivity contribution in [3.63, 3.8) is 0 Å². The molecule has 4 nitrogen and oxygen atoms in total. The van der Waals surface area contributed by atoms with Gasteiger partial charge < -0.3 is 19.7 Å². The van der Waals surface area contributed by atoms with Crippen LogP contribution in [0.3, 0.4) is 0 Å². The summed E-state index contributed by atoms with van der Waals surface area (Å²) in [6.45, 7) is 7.05. The van der Waals surface area contributed by atoms with E-state index in [1.807, 2.05) is 0 Å². The molecular formula is C16H24N2O2. The monoisotopic (exact) mass is 276 g/mol. The number of fused-ring (bicyclic) bond motifs is 1. The summed E-state index contributed by atoms with van der Waals surface area (Å²) < 4.78 is 11.5. The summed E-state index contributed by atoms with van der Waals surface area (Å²) >= 11 is 0. The van der Waals surface area contributed by atoms with Crippen LogP contribution in [0, 0.1) is 0 Å². The standard InChI is InChI=1S/C16H24N2O2/c1-13-6-9-18(8-2-7-17-13)14-4-5-15-16(12-14)20-11-3-10-19-15/h4-5,12-13,17H,2-3,6-11H2,1H3. The normalized spacial score (nSPS) is 23.6. The maximum absolute atomic E-state index is 5.79. The third-order valence-electron chi connectivity index (χ3n) is 4.03. The van der Waals surface area contributed by atoms with Gasteiger partial charge in [0.1, 0.15) is 0 Å². The van der Waals surface area contributed by atoms with Crippen molar-refractivity contribution in [3.05, 3.63) is 18.2 Å². The molecule has 0 bridgehead atoms. The molecule has 110 valence electrons. The van der Waals surface area contributed by atoms with Crippen LogP contribution < -0.4 is 19.7 Å². The molecule has 0 saturated carbocycles. The Labute approximate surface area is 121 Å². The molecule has 1 saturated heterocycles. The van der Waals surface area contributed by atoms with Gasteiger partial charge in [0.2, 0.25) is 0 Å². The Hall–Kier alpha value is -1.42. The second kappa shape index (κ2) is 6.35. The molecule has 2 heterocycles. The van der Waals surface area contributed by atoms with Gasteiger partial charge in [-0.2, -0.15) is 0 Å². The molecule has 20 heavy (non-hydrogen) atoms. The third kappa shape index (κ3) is 3.18. The Kier molecular flexibility index (Phi) is 4.31. The molecule has 4 heteroatoms. The first-order valence-electron chi connectivity index (χ1n) is 7.71. The van der Waals surface area contributed by atoms with E-state index in [0.29, 0.717) is 6.04 Å². The van der Waals surface area contributed by atoms with E-state index in [1.165, 1.54) is 18.5 Å². The van der Waals surface area contributed by atoms with E-state index in [2.05, 4.69) is 35.3 Å². The zero-order chi connectivity index (χ0) is 13.8. The number of anilines is 1. The molecule has 0 spiro atoms. The van der Waals surface area contributed by atoms with Crippen molar-refractivity contribution in [1.82, 2.24) is 5.32 Å². The highest BCUT2D eigenvalue weighted by Crippen LogP contribution is 2.33. The van der Waals surface area contributed by atoms with Crippen LogP contribution in [-0.4, -0.2) is 38.9 Å². The van der Waals surface area contributed by atoms with Gasteiger partial charge in [-0.05, 0) is 38.4 Å². The lowest BCUT2D eigenvalue weighted by molar-refractivity contribution is 0.297. The summed E-state index contributed by atoms with van der Waals surface area (Å²) in [4.78, 5) is 2.46. The van der Waals surface area contributed by atoms with E-state index in [9.17, 15) is 0 Å². The number of hydrogen-bond donors (Lipinski definition) is 1. The number of ether oxygens (including phenoxy) is 2. The summed E-state index contributed by atoms with van der Waals surface area (Å²) in [5.41, 5.74) is 1.25. The summed E-state index contributed by atoms with van der Waals surface area (Å²) in [5.74, 6) is 1.78. The fourth-order valence-corrected chi connectivity index (χ4v) is 2.79. The smallest absolute Gasteiger partial charge is 0.163 e. The molecule has 1 fully saturated rings. The summed E-state index contributed by atoms with van der Waals surface area (Å²) in [6.07, 6.45) is 3.31. The first-order chi connectivity index (χ1) is 9.83. The van der Waals surface area contributed by atoms with Crippen LogP contribution in [0.1, 0.15) is 26.2 Å². The first kappa shape index (κ1) is 13.6. The molecule has 1 N–H and O–H groups in total. The number of nitrogens with zero attached hydrogens (tertiary/aromatic N) is 1. The van der Waals surface area contributed by atoms with Crippen LogP contribution in [-0.2, 0) is 0 Å². The largest absolute Gasteiger partial charge is 0.490 e. The fourth-order valence-electron chi connectivity index (χ4n) is 2.79. The Morgan fingerprint density at radius 1 is 1.10 bits per heavy atom. The highest BCUT2D eigenvalue weighted by Gasteiger charge is 2.16. The van der Waals surface area contributed by atoms with Crippen LogP contribution in [0.15, 0.2) is 18.2 Å². The molecule has 2 aliphatic rings. The van der Waals surface area contributed by atoms with Crippen molar-refractivity contribution < 1.29 is 9.47 Å². The van der Waals surface area contributed by atoms with Gasteiger partial charge >= 0.3 is 0 Å². The van der Waals surface area contributed by atoms with Crippen LogP contribution in [0.4, 0.5) is 5.69 Å². The minimum absolute atomic E-state index is 0.596. The van der Waals surface area contributed by atoms with Gasteiger partial charge in [0, 0.05) is 37.3 Å². The van der Waals surface area contributed by atoms with Crippen molar-refractivity contribution in [1.29, 1.82) is 0 Å². The van der Waals surface area contributed by atoms with Crippen molar-refractivity contribution in [2.75, 3.05) is 37.7 Å². The second-order valence-corrected chi connectivity index (χ2v) is 5.67. The zero-order valence-corrected chi connectivity index (χ0v) is 12.2. The minimum Gasteiger partial charge on any atom is -0.490 e. The molecule has 0 amide bonds. The van der Waals surface area contributed by atoms with E-state index < -0.39 is 0 Å². The molecule has 1 aromatic rings. The van der Waals surface area contributed by atoms with Crippen molar-refractivity contribution >= 4 is 5.69 Å². The van der Waals surface area contributed by atoms with E-state index in [-0.39, 0.29) is 0 Å². The van der Waals surface area contributed by atoms with Gasteiger partial charge in [-0.3, -0.25) is 0 Å². The molecular weight excluding hydrogens is 252 g/mol. The molecule has 3 rings (SSSR count).